The van der Waals surface area contributed by atoms with E-state index in [1.165, 1.54) is 18.4 Å². The first-order valence-electron chi connectivity index (χ1n) is 10.9. The Kier molecular flexibility index (Phi) is 6.90. The van der Waals surface area contributed by atoms with Gasteiger partial charge in [-0.25, -0.2) is 15.0 Å². The van der Waals surface area contributed by atoms with Crippen molar-refractivity contribution in [3.05, 3.63) is 52.8 Å². The van der Waals surface area contributed by atoms with Gasteiger partial charge in [-0.1, -0.05) is 0 Å². The average molecular weight is 483 g/mol. The van der Waals surface area contributed by atoms with Crippen LogP contribution in [0.3, 0.4) is 0 Å². The van der Waals surface area contributed by atoms with Gasteiger partial charge in [-0.3, -0.25) is 9.59 Å². The molecule has 34 heavy (non-hydrogen) atoms. The zero-order valence-electron chi connectivity index (χ0n) is 18.9. The van der Waals surface area contributed by atoms with E-state index in [4.69, 9.17) is 9.72 Å². The van der Waals surface area contributed by atoms with Gasteiger partial charge in [0.2, 0.25) is 0 Å². The predicted octanol–water partition coefficient (Wildman–Crippen LogP) is 3.83. The van der Waals surface area contributed by atoms with Crippen LogP contribution in [-0.4, -0.2) is 44.2 Å². The number of carbonyl (C=O) groups excluding carboxylic acids is 1. The van der Waals surface area contributed by atoms with Crippen molar-refractivity contribution in [2.45, 2.75) is 44.6 Å². The highest BCUT2D eigenvalue weighted by molar-refractivity contribution is 7.15. The molecule has 0 radical (unpaired) electrons. The zero-order chi connectivity index (χ0) is 24.3. The van der Waals surface area contributed by atoms with Crippen molar-refractivity contribution in [1.29, 1.82) is 0 Å². The van der Waals surface area contributed by atoms with E-state index in [1.807, 2.05) is 19.1 Å². The Balaban J connectivity index is 1.52. The number of ether oxygens (including phenoxy) is 1. The van der Waals surface area contributed by atoms with Gasteiger partial charge in [0.05, 0.1) is 30.0 Å². The molecule has 0 unspecified atom stereocenters. The Labute approximate surface area is 200 Å². The molecule has 1 fully saturated rings. The summed E-state index contributed by atoms with van der Waals surface area (Å²) in [7, 11) is 1.35. The highest BCUT2D eigenvalue weighted by Crippen LogP contribution is 2.42. The summed E-state index contributed by atoms with van der Waals surface area (Å²) in [5.74, 6) is -0.400. The molecule has 0 aromatic carbocycles. The monoisotopic (exact) mass is 482 g/mol. The lowest BCUT2D eigenvalue weighted by Crippen LogP contribution is -2.33. The maximum atomic E-state index is 11.6. The first-order valence-corrected chi connectivity index (χ1v) is 11.8. The molecule has 0 bridgehead atoms. The number of aryl methyl sites for hydroxylation is 1. The largest absolute Gasteiger partial charge is 0.481 e. The maximum Gasteiger partial charge on any atom is 0.309 e. The molecule has 0 saturated heterocycles. The van der Waals surface area contributed by atoms with E-state index in [9.17, 15) is 19.8 Å². The number of hydrogen-bond acceptors (Lipinski definition) is 9. The van der Waals surface area contributed by atoms with Gasteiger partial charge in [0.15, 0.2) is 0 Å². The van der Waals surface area contributed by atoms with E-state index in [1.54, 1.807) is 24.5 Å². The van der Waals surface area contributed by atoms with E-state index in [0.717, 1.165) is 16.0 Å². The number of nitrogens with zero attached hydrogens (tertiary/aromatic N) is 3. The Morgan fingerprint density at radius 3 is 2.68 bits per heavy atom. The lowest BCUT2D eigenvalue weighted by Gasteiger charge is -2.32. The molecular weight excluding hydrogens is 456 g/mol. The van der Waals surface area contributed by atoms with Crippen LogP contribution in [-0.2, 0) is 26.3 Å². The SMILES string of the molecule is COC(=O)Cc1ccnc(Nc2cc(C)cc(-c3cnc(C4(O)CCC(C(=O)O)CC4)s3)n2)c1. The first-order chi connectivity index (χ1) is 16.3. The van der Waals surface area contributed by atoms with E-state index >= 15 is 0 Å². The highest BCUT2D eigenvalue weighted by Gasteiger charge is 2.39. The number of pyridine rings is 2. The molecule has 0 amide bonds. The van der Waals surface area contributed by atoms with Crippen molar-refractivity contribution in [3.8, 4) is 10.6 Å². The molecule has 1 aliphatic carbocycles. The molecule has 3 N–H and O–H groups in total. The van der Waals surface area contributed by atoms with E-state index in [-0.39, 0.29) is 12.4 Å². The molecule has 1 saturated carbocycles. The molecule has 9 nitrogen and oxygen atoms in total. The number of carbonyl (C=O) groups is 2. The van der Waals surface area contributed by atoms with Crippen molar-refractivity contribution in [2.75, 3.05) is 12.4 Å². The molecule has 178 valence electrons. The number of methoxy groups -OCH3 is 1. The fraction of sp³-hybridized carbons (Fsp3) is 0.375. The predicted molar refractivity (Wildman–Crippen MR) is 127 cm³/mol. The molecule has 0 aliphatic heterocycles. The smallest absolute Gasteiger partial charge is 0.309 e. The van der Waals surface area contributed by atoms with Gasteiger partial charge in [0.25, 0.3) is 0 Å². The molecule has 1 aliphatic rings. The normalized spacial score (nSPS) is 20.0. The van der Waals surface area contributed by atoms with Crippen molar-refractivity contribution in [3.63, 3.8) is 0 Å². The molecule has 0 spiro atoms. The lowest BCUT2D eigenvalue weighted by molar-refractivity contribution is -0.145. The zero-order valence-corrected chi connectivity index (χ0v) is 19.8. The fourth-order valence-electron chi connectivity index (χ4n) is 4.04. The van der Waals surface area contributed by atoms with Crippen LogP contribution >= 0.6 is 11.3 Å². The summed E-state index contributed by atoms with van der Waals surface area (Å²) in [6.07, 6.45) is 5.07. The Hall–Kier alpha value is -3.37. The third-order valence-corrected chi connectivity index (χ3v) is 7.16. The van der Waals surface area contributed by atoms with Crippen LogP contribution in [0, 0.1) is 12.8 Å². The summed E-state index contributed by atoms with van der Waals surface area (Å²) in [6, 6.07) is 7.36. The second-order valence-electron chi connectivity index (χ2n) is 8.52. The number of carboxylic acid groups (broad SMARTS) is 1. The number of esters is 1. The van der Waals surface area contributed by atoms with Crippen LogP contribution in [0.2, 0.25) is 0 Å². The summed E-state index contributed by atoms with van der Waals surface area (Å²) in [4.78, 5) is 37.0. The lowest BCUT2D eigenvalue weighted by atomic mass is 9.79. The van der Waals surface area contributed by atoms with E-state index in [2.05, 4.69) is 15.3 Å². The number of rotatable bonds is 7. The van der Waals surface area contributed by atoms with Gasteiger partial charge < -0.3 is 20.3 Å². The van der Waals surface area contributed by atoms with Crippen LogP contribution in [0.4, 0.5) is 11.6 Å². The number of thiazole rings is 1. The van der Waals surface area contributed by atoms with Crippen molar-refractivity contribution in [1.82, 2.24) is 15.0 Å². The van der Waals surface area contributed by atoms with Crippen LogP contribution in [0.25, 0.3) is 10.6 Å². The van der Waals surface area contributed by atoms with Crippen LogP contribution in [0.5, 0.6) is 0 Å². The van der Waals surface area contributed by atoms with Crippen molar-refractivity contribution in [2.24, 2.45) is 5.92 Å². The third-order valence-electron chi connectivity index (χ3n) is 5.94. The molecule has 3 aromatic heterocycles. The van der Waals surface area contributed by atoms with Gasteiger partial charge in [-0.2, -0.15) is 0 Å². The molecule has 3 heterocycles. The number of hydrogen-bond donors (Lipinski definition) is 3. The van der Waals surface area contributed by atoms with Gasteiger partial charge >= 0.3 is 11.9 Å². The molecule has 4 rings (SSSR count). The maximum absolute atomic E-state index is 11.6. The number of nitrogens with one attached hydrogen (secondary N) is 1. The molecule has 3 aromatic rings. The summed E-state index contributed by atoms with van der Waals surface area (Å²) in [5.41, 5.74) is 1.35. The third kappa shape index (κ3) is 5.40. The summed E-state index contributed by atoms with van der Waals surface area (Å²) in [5, 5.41) is 24.1. The van der Waals surface area contributed by atoms with Gasteiger partial charge in [0, 0.05) is 12.4 Å². The van der Waals surface area contributed by atoms with Crippen LogP contribution in [0.1, 0.15) is 41.8 Å². The van der Waals surface area contributed by atoms with Crippen molar-refractivity contribution < 1.29 is 24.5 Å². The average Bonchev–Trinajstić information content (AvgIpc) is 3.30. The summed E-state index contributed by atoms with van der Waals surface area (Å²) < 4.78 is 4.72. The van der Waals surface area contributed by atoms with Crippen LogP contribution < -0.4 is 5.32 Å². The minimum Gasteiger partial charge on any atom is -0.481 e. The summed E-state index contributed by atoms with van der Waals surface area (Å²) >= 11 is 1.37. The number of aliphatic carboxylic acids is 1. The molecule has 0 atom stereocenters. The second-order valence-corrected chi connectivity index (χ2v) is 9.55. The second kappa shape index (κ2) is 9.86. The fourth-order valence-corrected chi connectivity index (χ4v) is 5.07. The number of aliphatic hydroxyl groups is 1. The minimum absolute atomic E-state index is 0.153. The minimum atomic E-state index is -1.11. The topological polar surface area (TPSA) is 135 Å². The Morgan fingerprint density at radius 1 is 1.21 bits per heavy atom. The van der Waals surface area contributed by atoms with E-state index in [0.29, 0.717) is 48.0 Å². The van der Waals surface area contributed by atoms with Crippen molar-refractivity contribution >= 4 is 34.9 Å². The summed E-state index contributed by atoms with van der Waals surface area (Å²) in [6.45, 7) is 1.96. The van der Waals surface area contributed by atoms with Gasteiger partial charge in [0.1, 0.15) is 22.2 Å². The Morgan fingerprint density at radius 2 is 1.97 bits per heavy atom. The molecule has 10 heteroatoms. The standard InChI is InChI=1S/C24H26N4O5S/c1-14-9-17(18-13-26-23(34-18)24(32)6-3-16(4-7-24)22(30)31)27-20(10-14)28-19-11-15(5-8-25-19)12-21(29)33-2/h5,8-11,13,16,32H,3-4,6-7,12H2,1-2H3,(H,30,31)(H,25,27,28). The molecular formula is C24H26N4O5S. The highest BCUT2D eigenvalue weighted by atomic mass is 32.1. The number of anilines is 2. The number of aromatic nitrogens is 3. The Bertz CT molecular complexity index is 1200. The first kappa shape index (κ1) is 23.8. The van der Waals surface area contributed by atoms with E-state index < -0.39 is 17.5 Å². The van der Waals surface area contributed by atoms with Crippen LogP contribution in [0.15, 0.2) is 36.7 Å². The number of carboxylic acids is 1. The van der Waals surface area contributed by atoms with Gasteiger partial charge in [-0.15, -0.1) is 11.3 Å². The quantitative estimate of drug-likeness (QED) is 0.429. The van der Waals surface area contributed by atoms with Gasteiger partial charge in [-0.05, 0) is 68.0 Å².